The molecule has 3 aromatic carbocycles. The fourth-order valence-corrected chi connectivity index (χ4v) is 5.61. The molecule has 5 rings (SSSR count). The molecule has 0 aromatic heterocycles. The highest BCUT2D eigenvalue weighted by atomic mass is 19.4. The van der Waals surface area contributed by atoms with E-state index in [4.69, 9.17) is 10.00 Å². The number of nitrogens with one attached hydrogen (secondary N) is 2. The van der Waals surface area contributed by atoms with Gasteiger partial charge in [-0.3, -0.25) is 9.59 Å². The Morgan fingerprint density at radius 1 is 1.14 bits per heavy atom. The number of alkyl halides is 3. The number of piperidine rings is 1. The molecule has 2 aliphatic heterocycles. The summed E-state index contributed by atoms with van der Waals surface area (Å²) >= 11 is 0. The number of halogens is 4. The number of carbonyl (C=O) groups is 3. The van der Waals surface area contributed by atoms with E-state index in [2.05, 4.69) is 15.4 Å². The average Bonchev–Trinajstić information content (AvgIpc) is 3.32. The lowest BCUT2D eigenvalue weighted by atomic mass is 9.71. The Bertz CT molecular complexity index is 1610. The lowest BCUT2D eigenvalue weighted by molar-refractivity contribution is -0.274. The highest BCUT2D eigenvalue weighted by Crippen LogP contribution is 2.37. The maximum Gasteiger partial charge on any atom is 0.573 e. The van der Waals surface area contributed by atoms with Crippen molar-refractivity contribution >= 4 is 17.8 Å². The fraction of sp³-hybridized carbons (Fsp3) is 0.290. The van der Waals surface area contributed by atoms with Gasteiger partial charge in [-0.25, -0.2) is 14.1 Å². The number of hydrogen-bond donors (Lipinski definition) is 2. The number of nitrogens with zero attached hydrogens (tertiary/aromatic N) is 2. The maximum atomic E-state index is 14.9. The van der Waals surface area contributed by atoms with Crippen LogP contribution in [-0.4, -0.2) is 60.8 Å². The molecule has 9 nitrogen and oxygen atoms in total. The van der Waals surface area contributed by atoms with E-state index < -0.39 is 60.3 Å². The van der Waals surface area contributed by atoms with Gasteiger partial charge in [0.2, 0.25) is 0 Å². The third-order valence-corrected chi connectivity index (χ3v) is 7.77. The van der Waals surface area contributed by atoms with E-state index in [1.165, 1.54) is 24.3 Å². The molecule has 0 radical (unpaired) electrons. The first-order valence-electron chi connectivity index (χ1n) is 13.6. The van der Waals surface area contributed by atoms with Crippen LogP contribution in [0.4, 0.5) is 22.4 Å². The van der Waals surface area contributed by atoms with Crippen LogP contribution in [0.3, 0.4) is 0 Å². The normalized spacial score (nSPS) is 20.2. The zero-order chi connectivity index (χ0) is 31.5. The number of benzene rings is 3. The van der Waals surface area contributed by atoms with E-state index in [0.717, 1.165) is 17.7 Å². The Hall–Kier alpha value is -4.80. The molecular formula is C31H26F4N4O5. The summed E-state index contributed by atoms with van der Waals surface area (Å²) in [6, 6.07) is 18.2. The van der Waals surface area contributed by atoms with E-state index in [1.807, 2.05) is 18.2 Å². The minimum atomic E-state index is -5.04. The highest BCUT2D eigenvalue weighted by Gasteiger charge is 2.49. The highest BCUT2D eigenvalue weighted by molar-refractivity contribution is 6.03. The number of imide groups is 1. The van der Waals surface area contributed by atoms with Gasteiger partial charge in [-0.2, -0.15) is 5.26 Å². The molecule has 2 saturated heterocycles. The molecule has 0 aliphatic carbocycles. The van der Waals surface area contributed by atoms with Gasteiger partial charge < -0.3 is 20.1 Å². The van der Waals surface area contributed by atoms with Gasteiger partial charge in [0.1, 0.15) is 11.6 Å². The van der Waals surface area contributed by atoms with E-state index in [0.29, 0.717) is 18.0 Å². The molecule has 2 heterocycles. The van der Waals surface area contributed by atoms with Gasteiger partial charge in [0.05, 0.1) is 23.7 Å². The summed E-state index contributed by atoms with van der Waals surface area (Å²) < 4.78 is 64.1. The van der Waals surface area contributed by atoms with Crippen LogP contribution in [0, 0.1) is 17.1 Å². The van der Waals surface area contributed by atoms with Crippen molar-refractivity contribution in [3.63, 3.8) is 0 Å². The van der Waals surface area contributed by atoms with E-state index in [9.17, 15) is 31.9 Å². The van der Waals surface area contributed by atoms with Gasteiger partial charge in [-0.05, 0) is 48.4 Å². The Morgan fingerprint density at radius 3 is 2.57 bits per heavy atom. The first-order valence-corrected chi connectivity index (χ1v) is 13.6. The quantitative estimate of drug-likeness (QED) is 0.342. The molecule has 2 amide bonds. The molecule has 0 unspecified atom stereocenters. The number of carbonyl (C=O) groups excluding carboxylic acids is 3. The van der Waals surface area contributed by atoms with Crippen molar-refractivity contribution in [1.29, 1.82) is 5.26 Å². The molecule has 3 aromatic rings. The van der Waals surface area contributed by atoms with Crippen molar-refractivity contribution in [2.24, 2.45) is 0 Å². The number of rotatable bonds is 9. The molecule has 44 heavy (non-hydrogen) atoms. The van der Waals surface area contributed by atoms with Gasteiger partial charge >= 0.3 is 12.5 Å². The van der Waals surface area contributed by atoms with Gasteiger partial charge in [0.25, 0.3) is 5.91 Å². The summed E-state index contributed by atoms with van der Waals surface area (Å²) in [6.45, 7) is -0.763. The molecule has 228 valence electrons. The number of cyclic esters (lactones) is 1. The third-order valence-electron chi connectivity index (χ3n) is 7.77. The fourth-order valence-electron chi connectivity index (χ4n) is 5.61. The Balaban J connectivity index is 1.55. The van der Waals surface area contributed by atoms with Crippen LogP contribution >= 0.6 is 0 Å². The molecule has 2 atom stereocenters. The molecule has 2 aliphatic rings. The smallest absolute Gasteiger partial charge is 0.439 e. The summed E-state index contributed by atoms with van der Waals surface area (Å²) in [4.78, 5) is 39.3. The predicted octanol–water partition coefficient (Wildman–Crippen LogP) is 4.42. The van der Waals surface area contributed by atoms with E-state index in [1.54, 1.807) is 18.2 Å². The summed E-state index contributed by atoms with van der Waals surface area (Å²) in [5.74, 6) is -3.07. The van der Waals surface area contributed by atoms with Crippen molar-refractivity contribution in [2.45, 2.75) is 30.8 Å². The second-order valence-electron chi connectivity index (χ2n) is 10.4. The molecule has 13 heteroatoms. The van der Waals surface area contributed by atoms with Gasteiger partial charge in [-0.1, -0.05) is 42.5 Å². The Kier molecular flexibility index (Phi) is 8.66. The maximum absolute atomic E-state index is 14.9. The predicted molar refractivity (Wildman–Crippen MR) is 148 cm³/mol. The zero-order valence-corrected chi connectivity index (χ0v) is 23.1. The van der Waals surface area contributed by atoms with Crippen LogP contribution in [0.2, 0.25) is 0 Å². The summed E-state index contributed by atoms with van der Waals surface area (Å²) in [7, 11) is 0. The van der Waals surface area contributed by atoms with Crippen LogP contribution in [-0.2, 0) is 20.9 Å². The first-order chi connectivity index (χ1) is 21.0. The van der Waals surface area contributed by atoms with Crippen molar-refractivity contribution in [2.75, 3.05) is 26.2 Å². The second-order valence-corrected chi connectivity index (χ2v) is 10.4. The minimum Gasteiger partial charge on any atom is -0.439 e. The number of Topliss-reactive ketones (excluding diaryl/α,β-unsaturated/α-hetero) is 1. The number of ketones is 1. The SMILES string of the molecule is N#Cc1ccc(-c2ccc(OC(F)(F)F)c(CN[C@@]3(C(=O)CN4C(=O)COC4=O)CCNC[C@H]3c3ccccc3)c2)c(F)c1. The summed E-state index contributed by atoms with van der Waals surface area (Å²) in [5, 5.41) is 15.5. The van der Waals surface area contributed by atoms with Crippen molar-refractivity contribution in [3.05, 3.63) is 89.2 Å². The van der Waals surface area contributed by atoms with E-state index in [-0.39, 0.29) is 35.2 Å². The topological polar surface area (TPSA) is 121 Å². The largest absolute Gasteiger partial charge is 0.573 e. The van der Waals surface area contributed by atoms with Crippen LogP contribution in [0.5, 0.6) is 5.75 Å². The second kappa shape index (κ2) is 12.4. The molecule has 0 spiro atoms. The number of ether oxygens (including phenoxy) is 2. The van der Waals surface area contributed by atoms with Crippen molar-refractivity contribution in [3.8, 4) is 22.9 Å². The first kappa shape index (κ1) is 30.7. The lowest BCUT2D eigenvalue weighted by Gasteiger charge is -2.45. The van der Waals surface area contributed by atoms with E-state index >= 15 is 0 Å². The van der Waals surface area contributed by atoms with Crippen LogP contribution in [0.15, 0.2) is 66.7 Å². The monoisotopic (exact) mass is 610 g/mol. The third kappa shape index (κ3) is 6.41. The molecule has 2 fully saturated rings. The van der Waals surface area contributed by atoms with Crippen LogP contribution < -0.4 is 15.4 Å². The molecular weight excluding hydrogens is 584 g/mol. The summed E-state index contributed by atoms with van der Waals surface area (Å²) in [5.41, 5.74) is -0.391. The van der Waals surface area contributed by atoms with Crippen LogP contribution in [0.25, 0.3) is 11.1 Å². The van der Waals surface area contributed by atoms with Gasteiger partial charge in [0, 0.05) is 30.1 Å². The Morgan fingerprint density at radius 2 is 1.91 bits per heavy atom. The number of nitriles is 1. The number of hydrogen-bond acceptors (Lipinski definition) is 8. The van der Waals surface area contributed by atoms with Crippen LogP contribution in [0.1, 0.15) is 29.0 Å². The van der Waals surface area contributed by atoms with Gasteiger partial charge in [0.15, 0.2) is 12.4 Å². The minimum absolute atomic E-state index is 0.0298. The van der Waals surface area contributed by atoms with Crippen molar-refractivity contribution < 1.29 is 41.4 Å². The Labute approximate surface area is 249 Å². The number of amides is 2. The molecule has 0 bridgehead atoms. The average molecular weight is 611 g/mol. The van der Waals surface area contributed by atoms with Crippen molar-refractivity contribution in [1.82, 2.24) is 15.5 Å². The zero-order valence-electron chi connectivity index (χ0n) is 23.1. The van der Waals surface area contributed by atoms with Gasteiger partial charge in [-0.15, -0.1) is 13.2 Å². The lowest BCUT2D eigenvalue weighted by Crippen LogP contribution is -2.64. The standard InChI is InChI=1S/C31H26F4N4O5/c32-25-12-19(14-36)6-8-23(25)21-7-9-26(44-31(33,34)35)22(13-21)15-38-30(27(40)17-39-28(41)18-43-29(39)42)10-11-37-16-24(30)20-4-2-1-3-5-20/h1-9,12-13,24,37-38H,10-11,15-18H2/t24-,30-/m0/s1. The summed E-state index contributed by atoms with van der Waals surface area (Å²) in [6.07, 6.45) is -5.83. The molecule has 2 N–H and O–H groups in total. The molecule has 0 saturated carbocycles.